The molecule has 0 saturated heterocycles. The van der Waals surface area contributed by atoms with E-state index >= 15 is 0 Å². The van der Waals surface area contributed by atoms with Crippen molar-refractivity contribution in [3.8, 4) is 5.75 Å². The number of halogens is 2. The predicted molar refractivity (Wildman–Crippen MR) is 77.0 cm³/mol. The monoisotopic (exact) mass is 295 g/mol. The number of nitrogens with two attached hydrogens (primary N) is 1. The Balaban J connectivity index is 2.11. The van der Waals surface area contributed by atoms with Crippen LogP contribution in [0, 0.1) is 11.6 Å². The highest BCUT2D eigenvalue weighted by atomic mass is 32.2. The lowest BCUT2D eigenvalue weighted by Crippen LogP contribution is -2.14. The number of ether oxygens (including phenoxy) is 1. The molecule has 0 saturated carbocycles. The fourth-order valence-electron chi connectivity index (χ4n) is 1.83. The van der Waals surface area contributed by atoms with Crippen LogP contribution in [0.15, 0.2) is 47.4 Å². The van der Waals surface area contributed by atoms with E-state index in [9.17, 15) is 8.78 Å². The molecule has 0 aromatic heterocycles. The molecule has 1 unspecified atom stereocenters. The number of benzene rings is 2. The molecular weight excluding hydrogens is 280 g/mol. The average Bonchev–Trinajstić information content (AvgIpc) is 2.46. The molecule has 0 aliphatic carbocycles. The molecule has 0 bridgehead atoms. The Labute approximate surface area is 120 Å². The summed E-state index contributed by atoms with van der Waals surface area (Å²) < 4.78 is 32.0. The Bertz CT molecular complexity index is 592. The second-order valence-electron chi connectivity index (χ2n) is 4.23. The second-order valence-corrected chi connectivity index (χ2v) is 5.30. The summed E-state index contributed by atoms with van der Waals surface area (Å²) in [6, 6.07) is 10.3. The van der Waals surface area contributed by atoms with Crippen molar-refractivity contribution in [2.75, 3.05) is 12.9 Å². The van der Waals surface area contributed by atoms with Crippen molar-refractivity contribution in [2.24, 2.45) is 5.73 Å². The molecule has 2 rings (SSSR count). The third kappa shape index (κ3) is 3.49. The zero-order valence-corrected chi connectivity index (χ0v) is 11.8. The van der Waals surface area contributed by atoms with Crippen molar-refractivity contribution < 1.29 is 13.5 Å². The third-order valence-corrected chi connectivity index (χ3v) is 4.01. The van der Waals surface area contributed by atoms with Crippen LogP contribution in [-0.2, 0) is 0 Å². The number of rotatable bonds is 5. The normalized spacial score (nSPS) is 12.2. The SMILES string of the molecule is COc1ccc(F)cc1C(N)CSc1ccccc1F. The fourth-order valence-corrected chi connectivity index (χ4v) is 2.75. The first-order valence-corrected chi connectivity index (χ1v) is 7.06. The van der Waals surface area contributed by atoms with E-state index in [-0.39, 0.29) is 11.6 Å². The van der Waals surface area contributed by atoms with Gasteiger partial charge in [0.05, 0.1) is 7.11 Å². The van der Waals surface area contributed by atoms with Crippen LogP contribution >= 0.6 is 11.8 Å². The summed E-state index contributed by atoms with van der Waals surface area (Å²) in [7, 11) is 1.51. The van der Waals surface area contributed by atoms with Crippen molar-refractivity contribution in [2.45, 2.75) is 10.9 Å². The quantitative estimate of drug-likeness (QED) is 0.853. The van der Waals surface area contributed by atoms with Crippen molar-refractivity contribution in [3.05, 3.63) is 59.7 Å². The van der Waals surface area contributed by atoms with E-state index in [2.05, 4.69) is 0 Å². The largest absolute Gasteiger partial charge is 0.496 e. The molecule has 0 fully saturated rings. The van der Waals surface area contributed by atoms with Crippen LogP contribution in [-0.4, -0.2) is 12.9 Å². The summed E-state index contributed by atoms with van der Waals surface area (Å²) in [5.74, 6) is 0.317. The van der Waals surface area contributed by atoms with Gasteiger partial charge in [-0.25, -0.2) is 8.78 Å². The van der Waals surface area contributed by atoms with Crippen LogP contribution in [0.3, 0.4) is 0 Å². The number of methoxy groups -OCH3 is 1. The first kappa shape index (κ1) is 14.8. The van der Waals surface area contributed by atoms with E-state index in [0.717, 1.165) is 0 Å². The van der Waals surface area contributed by atoms with Crippen LogP contribution in [0.25, 0.3) is 0 Å². The molecule has 2 aromatic rings. The van der Waals surface area contributed by atoms with E-state index in [1.165, 1.54) is 43.1 Å². The van der Waals surface area contributed by atoms with Gasteiger partial charge in [0, 0.05) is 22.3 Å². The molecular formula is C15H15F2NOS. The van der Waals surface area contributed by atoms with Gasteiger partial charge in [-0.2, -0.15) is 0 Å². The molecule has 2 nitrogen and oxygen atoms in total. The van der Waals surface area contributed by atoms with Crippen LogP contribution in [0.2, 0.25) is 0 Å². The lowest BCUT2D eigenvalue weighted by molar-refractivity contribution is 0.405. The minimum atomic E-state index is -0.440. The smallest absolute Gasteiger partial charge is 0.136 e. The van der Waals surface area contributed by atoms with E-state index < -0.39 is 6.04 Å². The summed E-state index contributed by atoms with van der Waals surface area (Å²) in [5.41, 5.74) is 6.63. The van der Waals surface area contributed by atoms with Crippen molar-refractivity contribution in [1.29, 1.82) is 0 Å². The molecule has 2 aromatic carbocycles. The van der Waals surface area contributed by atoms with Gasteiger partial charge in [0.15, 0.2) is 0 Å². The maximum Gasteiger partial charge on any atom is 0.136 e. The molecule has 5 heteroatoms. The first-order valence-electron chi connectivity index (χ1n) is 6.08. The Morgan fingerprint density at radius 1 is 1.20 bits per heavy atom. The number of hydrogen-bond donors (Lipinski definition) is 1. The van der Waals surface area contributed by atoms with Gasteiger partial charge in [-0.3, -0.25) is 0 Å². The molecule has 106 valence electrons. The predicted octanol–water partition coefficient (Wildman–Crippen LogP) is 3.77. The van der Waals surface area contributed by atoms with Crippen LogP contribution in [0.4, 0.5) is 8.78 Å². The molecule has 0 amide bonds. The number of thioether (sulfide) groups is 1. The topological polar surface area (TPSA) is 35.2 Å². The average molecular weight is 295 g/mol. The standard InChI is InChI=1S/C15H15F2NOS/c1-19-14-7-6-10(16)8-11(14)13(18)9-20-15-5-3-2-4-12(15)17/h2-8,13H,9,18H2,1H3. The second kappa shape index (κ2) is 6.72. The Morgan fingerprint density at radius 3 is 2.65 bits per heavy atom. The van der Waals surface area contributed by atoms with E-state index in [4.69, 9.17) is 10.5 Å². The summed E-state index contributed by atoms with van der Waals surface area (Å²) in [5, 5.41) is 0. The van der Waals surface area contributed by atoms with Crippen molar-refractivity contribution in [1.82, 2.24) is 0 Å². The summed E-state index contributed by atoms with van der Waals surface area (Å²) in [6.45, 7) is 0. The van der Waals surface area contributed by atoms with Gasteiger partial charge in [-0.05, 0) is 30.3 Å². The van der Waals surface area contributed by atoms with Gasteiger partial charge >= 0.3 is 0 Å². The van der Waals surface area contributed by atoms with Crippen molar-refractivity contribution in [3.63, 3.8) is 0 Å². The summed E-state index contributed by atoms with van der Waals surface area (Å²) in [6.07, 6.45) is 0. The van der Waals surface area contributed by atoms with Gasteiger partial charge < -0.3 is 10.5 Å². The minimum absolute atomic E-state index is 0.282. The lowest BCUT2D eigenvalue weighted by atomic mass is 10.1. The zero-order valence-electron chi connectivity index (χ0n) is 11.0. The van der Waals surface area contributed by atoms with Gasteiger partial charge in [0.25, 0.3) is 0 Å². The maximum atomic E-state index is 13.5. The third-order valence-electron chi connectivity index (χ3n) is 2.85. The van der Waals surface area contributed by atoms with Gasteiger partial charge in [-0.15, -0.1) is 11.8 Å². The molecule has 0 heterocycles. The van der Waals surface area contributed by atoms with Gasteiger partial charge in [0.1, 0.15) is 17.4 Å². The minimum Gasteiger partial charge on any atom is -0.496 e. The molecule has 0 spiro atoms. The van der Waals surface area contributed by atoms with E-state index in [1.54, 1.807) is 18.2 Å². The Kier molecular flexibility index (Phi) is 4.98. The molecule has 20 heavy (non-hydrogen) atoms. The molecule has 1 atom stereocenters. The van der Waals surface area contributed by atoms with Crippen molar-refractivity contribution >= 4 is 11.8 Å². The van der Waals surface area contributed by atoms with Crippen LogP contribution in [0.1, 0.15) is 11.6 Å². The maximum absolute atomic E-state index is 13.5. The Hall–Kier alpha value is -1.59. The highest BCUT2D eigenvalue weighted by Gasteiger charge is 2.14. The highest BCUT2D eigenvalue weighted by Crippen LogP contribution is 2.30. The van der Waals surface area contributed by atoms with Crippen LogP contribution in [0.5, 0.6) is 5.75 Å². The number of hydrogen-bond acceptors (Lipinski definition) is 3. The zero-order chi connectivity index (χ0) is 14.5. The molecule has 0 aliphatic heterocycles. The molecule has 2 N–H and O–H groups in total. The van der Waals surface area contributed by atoms with Gasteiger partial charge in [-0.1, -0.05) is 12.1 Å². The van der Waals surface area contributed by atoms with Crippen LogP contribution < -0.4 is 10.5 Å². The fraction of sp³-hybridized carbons (Fsp3) is 0.200. The Morgan fingerprint density at radius 2 is 1.95 bits per heavy atom. The van der Waals surface area contributed by atoms with E-state index in [0.29, 0.717) is 22.0 Å². The molecule has 0 aliphatic rings. The lowest BCUT2D eigenvalue weighted by Gasteiger charge is -2.15. The molecule has 0 radical (unpaired) electrons. The first-order chi connectivity index (χ1) is 9.61. The highest BCUT2D eigenvalue weighted by molar-refractivity contribution is 7.99. The summed E-state index contributed by atoms with van der Waals surface area (Å²) in [4.78, 5) is 0.526. The summed E-state index contributed by atoms with van der Waals surface area (Å²) >= 11 is 1.30. The van der Waals surface area contributed by atoms with E-state index in [1.807, 2.05) is 0 Å². The van der Waals surface area contributed by atoms with Gasteiger partial charge in [0.2, 0.25) is 0 Å².